The van der Waals surface area contributed by atoms with Crippen LogP contribution in [-0.2, 0) is 26.6 Å². The lowest BCUT2D eigenvalue weighted by molar-refractivity contribution is 0.712. The second-order valence-electron chi connectivity index (χ2n) is 7.40. The summed E-state index contributed by atoms with van der Waals surface area (Å²) in [4.78, 5) is 4.75. The molecule has 0 bridgehead atoms. The molecule has 0 saturated heterocycles. The fourth-order valence-electron chi connectivity index (χ4n) is 3.23. The van der Waals surface area contributed by atoms with Crippen molar-refractivity contribution < 1.29 is 0 Å². The number of aryl methyl sites for hydroxylation is 3. The molecule has 2 N–H and O–H groups in total. The Morgan fingerprint density at radius 1 is 0.933 bits per heavy atom. The molecule has 0 radical (unpaired) electrons. The Balaban J connectivity index is 0.00000320. The fourth-order valence-corrected chi connectivity index (χ4v) is 3.23. The molecule has 3 aromatic rings. The van der Waals surface area contributed by atoms with Crippen molar-refractivity contribution in [3.05, 3.63) is 82.4 Å². The van der Waals surface area contributed by atoms with Gasteiger partial charge in [0.05, 0.1) is 13.1 Å². The van der Waals surface area contributed by atoms with E-state index in [1.807, 2.05) is 36.7 Å². The highest BCUT2D eigenvalue weighted by Gasteiger charge is 2.06. The minimum Gasteiger partial charge on any atom is -0.356 e. The molecule has 0 aliphatic carbocycles. The van der Waals surface area contributed by atoms with Gasteiger partial charge < -0.3 is 15.2 Å². The smallest absolute Gasteiger partial charge is 0.191 e. The quantitative estimate of drug-likeness (QED) is 0.284. The van der Waals surface area contributed by atoms with Crippen LogP contribution >= 0.6 is 24.0 Å². The number of hydrogen-bond acceptors (Lipinski definition) is 3. The minimum atomic E-state index is 0. The monoisotopic (exact) mass is 518 g/mol. The van der Waals surface area contributed by atoms with Crippen molar-refractivity contribution >= 4 is 29.9 Å². The van der Waals surface area contributed by atoms with E-state index in [1.54, 1.807) is 0 Å². The third-order valence-corrected chi connectivity index (χ3v) is 4.85. The normalized spacial score (nSPS) is 11.1. The summed E-state index contributed by atoms with van der Waals surface area (Å²) in [6.07, 6.45) is 0.942. The maximum absolute atomic E-state index is 4.75. The van der Waals surface area contributed by atoms with Crippen LogP contribution in [0.3, 0.4) is 0 Å². The number of halogens is 1. The molecular weight excluding hydrogens is 487 g/mol. The molecule has 160 valence electrons. The maximum Gasteiger partial charge on any atom is 0.191 e. The highest BCUT2D eigenvalue weighted by atomic mass is 127. The molecule has 0 atom stereocenters. The molecule has 0 aliphatic heterocycles. The summed E-state index contributed by atoms with van der Waals surface area (Å²) in [7, 11) is 1.97. The van der Waals surface area contributed by atoms with Crippen molar-refractivity contribution in [2.24, 2.45) is 12.0 Å². The predicted molar refractivity (Wildman–Crippen MR) is 133 cm³/mol. The number of rotatable bonds is 7. The molecule has 30 heavy (non-hydrogen) atoms. The van der Waals surface area contributed by atoms with Crippen molar-refractivity contribution in [3.63, 3.8) is 0 Å². The zero-order valence-electron chi connectivity index (χ0n) is 18.1. The molecule has 0 saturated carbocycles. The van der Waals surface area contributed by atoms with Gasteiger partial charge in [0.1, 0.15) is 5.82 Å². The first-order chi connectivity index (χ1) is 14.0. The summed E-state index contributed by atoms with van der Waals surface area (Å²) >= 11 is 0. The Hall–Kier alpha value is -2.42. The van der Waals surface area contributed by atoms with E-state index in [2.05, 4.69) is 65.0 Å². The number of nitrogens with zero attached hydrogens (tertiary/aromatic N) is 4. The van der Waals surface area contributed by atoms with Crippen molar-refractivity contribution in [2.45, 2.75) is 40.3 Å². The summed E-state index contributed by atoms with van der Waals surface area (Å²) < 4.78 is 1.98. The van der Waals surface area contributed by atoms with Gasteiger partial charge in [-0.3, -0.25) is 0 Å². The van der Waals surface area contributed by atoms with E-state index in [0.29, 0.717) is 13.1 Å². The second kappa shape index (κ2) is 11.7. The molecule has 7 heteroatoms. The van der Waals surface area contributed by atoms with Gasteiger partial charge in [0.15, 0.2) is 11.8 Å². The first-order valence-electron chi connectivity index (χ1n) is 9.99. The first kappa shape index (κ1) is 23.9. The summed E-state index contributed by atoms with van der Waals surface area (Å²) in [5.41, 5.74) is 5.11. The molecule has 6 nitrogen and oxygen atoms in total. The average molecular weight is 518 g/mol. The van der Waals surface area contributed by atoms with Crippen LogP contribution in [0.15, 0.2) is 53.5 Å². The van der Waals surface area contributed by atoms with E-state index in [-0.39, 0.29) is 24.0 Å². The van der Waals surface area contributed by atoms with Crippen molar-refractivity contribution in [1.82, 2.24) is 25.4 Å². The van der Waals surface area contributed by atoms with Crippen LogP contribution in [0.25, 0.3) is 0 Å². The Morgan fingerprint density at radius 2 is 1.63 bits per heavy atom. The average Bonchev–Trinajstić information content (AvgIpc) is 3.02. The molecule has 0 unspecified atom stereocenters. The van der Waals surface area contributed by atoms with Gasteiger partial charge in [-0.05, 0) is 38.3 Å². The van der Waals surface area contributed by atoms with E-state index < -0.39 is 0 Å². The molecule has 0 amide bonds. The lowest BCUT2D eigenvalue weighted by Gasteiger charge is -2.13. The summed E-state index contributed by atoms with van der Waals surface area (Å²) in [5, 5.41) is 15.2. The van der Waals surface area contributed by atoms with E-state index in [1.165, 1.54) is 22.3 Å². The van der Waals surface area contributed by atoms with Crippen LogP contribution < -0.4 is 10.6 Å². The standard InChI is InChI=1S/C23H30N6.HI/c1-17-12-18(2)14-21(13-17)10-11-24-23(25-15-20-8-6-5-7-9-20)26-16-22-28-27-19(3)29(22)4;/h5-9,12-14H,10-11,15-16H2,1-4H3,(H2,24,25,26);1H. The first-order valence-corrected chi connectivity index (χ1v) is 9.99. The van der Waals surface area contributed by atoms with Crippen LogP contribution in [-0.4, -0.2) is 27.3 Å². The van der Waals surface area contributed by atoms with E-state index >= 15 is 0 Å². The molecule has 0 spiro atoms. The van der Waals surface area contributed by atoms with Crippen molar-refractivity contribution in [3.8, 4) is 0 Å². The molecule has 2 aromatic carbocycles. The molecular formula is C23H31IN6. The number of aromatic nitrogens is 3. The Labute approximate surface area is 196 Å². The zero-order valence-corrected chi connectivity index (χ0v) is 20.5. The number of guanidine groups is 1. The fraction of sp³-hybridized carbons (Fsp3) is 0.348. The van der Waals surface area contributed by atoms with Gasteiger partial charge in [-0.15, -0.1) is 34.2 Å². The van der Waals surface area contributed by atoms with Crippen LogP contribution in [0.2, 0.25) is 0 Å². The third kappa shape index (κ3) is 7.12. The molecule has 0 fully saturated rings. The van der Waals surface area contributed by atoms with Gasteiger partial charge >= 0.3 is 0 Å². The lowest BCUT2D eigenvalue weighted by atomic mass is 10.1. The van der Waals surface area contributed by atoms with Gasteiger partial charge in [-0.2, -0.15) is 0 Å². The molecule has 1 aromatic heterocycles. The van der Waals surface area contributed by atoms with Gasteiger partial charge in [0, 0.05) is 13.6 Å². The predicted octanol–water partition coefficient (Wildman–Crippen LogP) is 3.84. The Bertz CT molecular complexity index is 945. The molecule has 1 heterocycles. The van der Waals surface area contributed by atoms with Crippen LogP contribution in [0.5, 0.6) is 0 Å². The minimum absolute atomic E-state index is 0. The van der Waals surface area contributed by atoms with Crippen LogP contribution in [0.1, 0.15) is 33.9 Å². The third-order valence-electron chi connectivity index (χ3n) is 4.85. The van der Waals surface area contributed by atoms with E-state index in [4.69, 9.17) is 4.99 Å². The Kier molecular flexibility index (Phi) is 9.29. The topological polar surface area (TPSA) is 67.1 Å². The summed E-state index contributed by atoms with van der Waals surface area (Å²) in [5.74, 6) is 2.55. The van der Waals surface area contributed by atoms with Gasteiger partial charge in [0.2, 0.25) is 0 Å². The van der Waals surface area contributed by atoms with E-state index in [0.717, 1.165) is 30.6 Å². The van der Waals surface area contributed by atoms with Crippen LogP contribution in [0, 0.1) is 20.8 Å². The lowest BCUT2D eigenvalue weighted by Crippen LogP contribution is -2.38. The van der Waals surface area contributed by atoms with Crippen molar-refractivity contribution in [2.75, 3.05) is 6.54 Å². The number of hydrogen-bond donors (Lipinski definition) is 2. The molecule has 3 rings (SSSR count). The summed E-state index contributed by atoms with van der Waals surface area (Å²) in [6, 6.07) is 16.9. The Morgan fingerprint density at radius 3 is 2.27 bits per heavy atom. The number of nitrogens with one attached hydrogen (secondary N) is 2. The zero-order chi connectivity index (χ0) is 20.6. The molecule has 0 aliphatic rings. The second-order valence-corrected chi connectivity index (χ2v) is 7.40. The van der Waals surface area contributed by atoms with Gasteiger partial charge in [0.25, 0.3) is 0 Å². The number of aliphatic imine (C=N–C) groups is 1. The SMILES string of the molecule is Cc1cc(C)cc(CCNC(=NCc2ccccc2)NCc2nnc(C)n2C)c1.I. The van der Waals surface area contributed by atoms with Gasteiger partial charge in [-0.25, -0.2) is 4.99 Å². The largest absolute Gasteiger partial charge is 0.356 e. The summed E-state index contributed by atoms with van der Waals surface area (Å²) in [6.45, 7) is 8.23. The van der Waals surface area contributed by atoms with E-state index in [9.17, 15) is 0 Å². The number of benzene rings is 2. The highest BCUT2D eigenvalue weighted by Crippen LogP contribution is 2.09. The van der Waals surface area contributed by atoms with Crippen molar-refractivity contribution in [1.29, 1.82) is 0 Å². The van der Waals surface area contributed by atoms with Crippen LogP contribution in [0.4, 0.5) is 0 Å². The van der Waals surface area contributed by atoms with Gasteiger partial charge in [-0.1, -0.05) is 59.7 Å². The maximum atomic E-state index is 4.75. The highest BCUT2D eigenvalue weighted by molar-refractivity contribution is 14.0.